The molecule has 0 heterocycles. The summed E-state index contributed by atoms with van der Waals surface area (Å²) in [6.45, 7) is 2.41. The molecule has 0 aromatic heterocycles. The number of anilines is 1. The van der Waals surface area contributed by atoms with Gasteiger partial charge in [0.1, 0.15) is 11.5 Å². The lowest BCUT2D eigenvalue weighted by Gasteiger charge is -2.11. The largest absolute Gasteiger partial charge is 0.495 e. The molecule has 0 aliphatic carbocycles. The van der Waals surface area contributed by atoms with E-state index in [2.05, 4.69) is 5.32 Å². The highest BCUT2D eigenvalue weighted by atomic mass is 16.5. The zero-order chi connectivity index (χ0) is 18.2. The normalized spacial score (nSPS) is 10.2. The number of amides is 1. The summed E-state index contributed by atoms with van der Waals surface area (Å²) in [6.07, 6.45) is 0.853. The number of rotatable bonds is 8. The van der Waals surface area contributed by atoms with Crippen LogP contribution in [-0.4, -0.2) is 30.7 Å². The Morgan fingerprint density at radius 2 is 1.88 bits per heavy atom. The predicted molar refractivity (Wildman–Crippen MR) is 94.5 cm³/mol. The third-order valence-corrected chi connectivity index (χ3v) is 3.62. The van der Waals surface area contributed by atoms with E-state index in [9.17, 15) is 9.59 Å². The average Bonchev–Trinajstić information content (AvgIpc) is 2.60. The number of carbonyl (C=O) groups is 2. The Morgan fingerprint density at radius 3 is 2.56 bits per heavy atom. The van der Waals surface area contributed by atoms with Gasteiger partial charge in [-0.25, -0.2) is 4.79 Å². The Labute approximate surface area is 146 Å². The van der Waals surface area contributed by atoms with Gasteiger partial charge in [0.2, 0.25) is 5.91 Å². The maximum atomic E-state index is 12.0. The van der Waals surface area contributed by atoms with Gasteiger partial charge in [-0.15, -0.1) is 0 Å². The number of para-hydroxylation sites is 1. The maximum absolute atomic E-state index is 12.0. The molecule has 2 N–H and O–H groups in total. The molecule has 2 rings (SSSR count). The van der Waals surface area contributed by atoms with Gasteiger partial charge in [-0.3, -0.25) is 4.79 Å². The van der Waals surface area contributed by atoms with E-state index < -0.39 is 5.97 Å². The van der Waals surface area contributed by atoms with Crippen LogP contribution < -0.4 is 14.8 Å². The zero-order valence-corrected chi connectivity index (χ0v) is 14.2. The molecule has 1 amide bonds. The lowest BCUT2D eigenvalue weighted by atomic mass is 10.2. The Balaban J connectivity index is 1.84. The highest BCUT2D eigenvalue weighted by molar-refractivity contribution is 5.94. The topological polar surface area (TPSA) is 84.9 Å². The monoisotopic (exact) mass is 343 g/mol. The molecule has 0 radical (unpaired) electrons. The predicted octanol–water partition coefficient (Wildman–Crippen LogP) is 3.50. The second kappa shape index (κ2) is 8.73. The number of ether oxygens (including phenoxy) is 2. The van der Waals surface area contributed by atoms with Crippen LogP contribution in [0.5, 0.6) is 11.5 Å². The number of hydrogen-bond donors (Lipinski definition) is 2. The highest BCUT2D eigenvalue weighted by Gasteiger charge is 2.11. The third kappa shape index (κ3) is 5.24. The van der Waals surface area contributed by atoms with Crippen LogP contribution in [-0.2, 0) is 4.79 Å². The first kappa shape index (κ1) is 18.3. The number of hydrogen-bond acceptors (Lipinski definition) is 4. The van der Waals surface area contributed by atoms with Crippen molar-refractivity contribution in [1.29, 1.82) is 0 Å². The molecular formula is C19H21NO5. The van der Waals surface area contributed by atoms with E-state index in [4.69, 9.17) is 14.6 Å². The summed E-state index contributed by atoms with van der Waals surface area (Å²) in [5.41, 5.74) is 1.59. The first-order valence-electron chi connectivity index (χ1n) is 7.91. The molecule has 132 valence electrons. The van der Waals surface area contributed by atoms with Crippen molar-refractivity contribution in [2.24, 2.45) is 0 Å². The molecule has 0 aliphatic heterocycles. The van der Waals surface area contributed by atoms with Gasteiger partial charge in [0.05, 0.1) is 25.0 Å². The van der Waals surface area contributed by atoms with E-state index in [-0.39, 0.29) is 17.9 Å². The number of benzene rings is 2. The minimum absolute atomic E-state index is 0.0986. The highest BCUT2D eigenvalue weighted by Crippen LogP contribution is 2.26. The molecule has 0 atom stereocenters. The van der Waals surface area contributed by atoms with E-state index in [1.807, 2.05) is 31.2 Å². The molecule has 0 spiro atoms. The number of carboxylic acids is 1. The summed E-state index contributed by atoms with van der Waals surface area (Å²) < 4.78 is 10.8. The molecule has 0 aliphatic rings. The second-order valence-corrected chi connectivity index (χ2v) is 5.49. The molecule has 2 aromatic carbocycles. The van der Waals surface area contributed by atoms with Gasteiger partial charge in [0.15, 0.2) is 0 Å². The molecule has 6 heteroatoms. The van der Waals surface area contributed by atoms with Crippen molar-refractivity contribution in [1.82, 2.24) is 0 Å². The SMILES string of the molecule is COc1cc(C(=O)O)ccc1NC(=O)CCCOc1ccccc1C. The molecule has 0 unspecified atom stereocenters. The average molecular weight is 343 g/mol. The van der Waals surface area contributed by atoms with Gasteiger partial charge in [-0.1, -0.05) is 18.2 Å². The fourth-order valence-electron chi connectivity index (χ4n) is 2.27. The minimum atomic E-state index is -1.05. The Hall–Kier alpha value is -3.02. The molecule has 0 saturated heterocycles. The smallest absolute Gasteiger partial charge is 0.335 e. The van der Waals surface area contributed by atoms with Crippen LogP contribution in [0.2, 0.25) is 0 Å². The fourth-order valence-corrected chi connectivity index (χ4v) is 2.27. The second-order valence-electron chi connectivity index (χ2n) is 5.49. The Kier molecular flexibility index (Phi) is 6.39. The van der Waals surface area contributed by atoms with Crippen LogP contribution in [0, 0.1) is 6.92 Å². The van der Waals surface area contributed by atoms with Gasteiger partial charge in [0.25, 0.3) is 0 Å². The third-order valence-electron chi connectivity index (χ3n) is 3.62. The summed E-state index contributed by atoms with van der Waals surface area (Å²) in [7, 11) is 1.42. The van der Waals surface area contributed by atoms with Crippen molar-refractivity contribution in [3.05, 3.63) is 53.6 Å². The maximum Gasteiger partial charge on any atom is 0.335 e. The Bertz CT molecular complexity index is 757. The van der Waals surface area contributed by atoms with Crippen molar-refractivity contribution in [3.8, 4) is 11.5 Å². The fraction of sp³-hybridized carbons (Fsp3) is 0.263. The molecule has 0 bridgehead atoms. The van der Waals surface area contributed by atoms with Crippen LogP contribution in [0.15, 0.2) is 42.5 Å². The molecule has 0 fully saturated rings. The molecule has 0 saturated carbocycles. The summed E-state index contributed by atoms with van der Waals surface area (Å²) >= 11 is 0. The van der Waals surface area contributed by atoms with Crippen molar-refractivity contribution in [2.75, 3.05) is 19.0 Å². The Morgan fingerprint density at radius 1 is 1.12 bits per heavy atom. The lowest BCUT2D eigenvalue weighted by molar-refractivity contribution is -0.116. The van der Waals surface area contributed by atoms with Crippen molar-refractivity contribution >= 4 is 17.6 Å². The van der Waals surface area contributed by atoms with Crippen molar-refractivity contribution in [2.45, 2.75) is 19.8 Å². The van der Waals surface area contributed by atoms with Crippen LogP contribution in [0.4, 0.5) is 5.69 Å². The van der Waals surface area contributed by atoms with E-state index >= 15 is 0 Å². The van der Waals surface area contributed by atoms with Gasteiger partial charge in [-0.05, 0) is 43.2 Å². The summed E-state index contributed by atoms with van der Waals surface area (Å²) in [5.74, 6) is -0.113. The molecule has 6 nitrogen and oxygen atoms in total. The molecular weight excluding hydrogens is 322 g/mol. The summed E-state index contributed by atoms with van der Waals surface area (Å²) in [5, 5.41) is 11.7. The number of aromatic carboxylic acids is 1. The van der Waals surface area contributed by atoms with Gasteiger partial charge >= 0.3 is 5.97 Å². The summed E-state index contributed by atoms with van der Waals surface area (Å²) in [6, 6.07) is 12.0. The van der Waals surface area contributed by atoms with Crippen molar-refractivity contribution in [3.63, 3.8) is 0 Å². The van der Waals surface area contributed by atoms with E-state index in [1.54, 1.807) is 0 Å². The van der Waals surface area contributed by atoms with E-state index in [0.717, 1.165) is 11.3 Å². The van der Waals surface area contributed by atoms with E-state index in [0.29, 0.717) is 24.5 Å². The standard InChI is InChI=1S/C19H21NO5/c1-13-6-3-4-7-16(13)25-11-5-8-18(21)20-15-10-9-14(19(22)23)12-17(15)24-2/h3-4,6-7,9-10,12H,5,8,11H2,1-2H3,(H,20,21)(H,22,23). The zero-order valence-electron chi connectivity index (χ0n) is 14.2. The minimum Gasteiger partial charge on any atom is -0.495 e. The number of nitrogens with one attached hydrogen (secondary N) is 1. The summed E-state index contributed by atoms with van der Waals surface area (Å²) in [4.78, 5) is 23.0. The van der Waals surface area contributed by atoms with Gasteiger partial charge in [0, 0.05) is 6.42 Å². The van der Waals surface area contributed by atoms with E-state index in [1.165, 1.54) is 25.3 Å². The number of carboxylic acid groups (broad SMARTS) is 1. The quantitative estimate of drug-likeness (QED) is 0.717. The number of methoxy groups -OCH3 is 1. The van der Waals surface area contributed by atoms with Crippen LogP contribution in [0.3, 0.4) is 0 Å². The first-order chi connectivity index (χ1) is 12.0. The lowest BCUT2D eigenvalue weighted by Crippen LogP contribution is -2.14. The van der Waals surface area contributed by atoms with Crippen LogP contribution >= 0.6 is 0 Å². The molecule has 25 heavy (non-hydrogen) atoms. The first-order valence-corrected chi connectivity index (χ1v) is 7.91. The van der Waals surface area contributed by atoms with Crippen LogP contribution in [0.1, 0.15) is 28.8 Å². The van der Waals surface area contributed by atoms with Crippen LogP contribution in [0.25, 0.3) is 0 Å². The van der Waals surface area contributed by atoms with Gasteiger partial charge in [-0.2, -0.15) is 0 Å². The van der Waals surface area contributed by atoms with Crippen molar-refractivity contribution < 1.29 is 24.2 Å². The number of aryl methyl sites for hydroxylation is 1. The molecule has 2 aromatic rings. The number of carbonyl (C=O) groups excluding carboxylic acids is 1. The van der Waals surface area contributed by atoms with Gasteiger partial charge < -0.3 is 19.9 Å².